The second kappa shape index (κ2) is 25.1. The number of alkyl carbamates (subject to hydrolysis) is 2. The summed E-state index contributed by atoms with van der Waals surface area (Å²) in [5.74, 6) is -3.05. The van der Waals surface area contributed by atoms with Crippen LogP contribution < -0.4 is 10.6 Å². The molecule has 1 saturated heterocycles. The maximum absolute atomic E-state index is 12.4. The van der Waals surface area contributed by atoms with Gasteiger partial charge in [0.1, 0.15) is 19.8 Å². The molecule has 3 amide bonds. The van der Waals surface area contributed by atoms with Gasteiger partial charge in [0.25, 0.3) is 0 Å². The number of benzene rings is 6. The number of fused-ring (bicyclic) bond motifs is 9. The number of amides is 3. The molecule has 0 radical (unpaired) electrons. The molecule has 6 aromatic rings. The lowest BCUT2D eigenvalue weighted by Gasteiger charge is -2.29. The zero-order chi connectivity index (χ0) is 55.7. The van der Waals surface area contributed by atoms with E-state index in [1.165, 1.54) is 66.8 Å². The van der Waals surface area contributed by atoms with Gasteiger partial charge < -0.3 is 45.1 Å². The summed E-state index contributed by atoms with van der Waals surface area (Å²) in [6.45, 7) is 1.77. The zero-order valence-electron chi connectivity index (χ0n) is 44.5. The van der Waals surface area contributed by atoms with Crippen molar-refractivity contribution in [3.63, 3.8) is 0 Å². The molecule has 0 bridgehead atoms. The number of hydrogen-bond acceptors (Lipinski definition) is 9. The Morgan fingerprint density at radius 1 is 0.362 bits per heavy atom. The van der Waals surface area contributed by atoms with Crippen molar-refractivity contribution in [3.8, 4) is 33.4 Å². The molecule has 6 aliphatic rings. The Morgan fingerprint density at radius 3 is 0.887 bits per heavy atom. The number of aliphatic carboxylic acids is 3. The summed E-state index contributed by atoms with van der Waals surface area (Å²) in [5, 5.41) is 33.0. The SMILES string of the molecule is O=C(NC1CCC(C(=O)O)CC1)OCC1c2ccccc2-c2ccccc21.O=C(NC1CCC(C(=O)O)CC1)OCC1c2ccccc2-c2ccccc21.O=C(O)C1CCN(C(=O)OCC2c3ccccc3-c3ccccc32)CC1. The van der Waals surface area contributed by atoms with Crippen LogP contribution in [0, 0.1) is 17.8 Å². The second-order valence-corrected chi connectivity index (χ2v) is 21.6. The van der Waals surface area contributed by atoms with E-state index in [0.717, 1.165) is 0 Å². The summed E-state index contributed by atoms with van der Waals surface area (Å²) in [4.78, 5) is 71.6. The molecule has 5 aliphatic carbocycles. The molecule has 6 aromatic carbocycles. The summed E-state index contributed by atoms with van der Waals surface area (Å²) in [5.41, 5.74) is 14.3. The second-order valence-electron chi connectivity index (χ2n) is 21.6. The fourth-order valence-corrected chi connectivity index (χ4v) is 12.6. The number of ether oxygens (including phenoxy) is 3. The number of likely N-dealkylation sites (tertiary alicyclic amines) is 1. The van der Waals surface area contributed by atoms with E-state index in [-0.39, 0.29) is 53.7 Å². The minimum Gasteiger partial charge on any atom is -0.481 e. The van der Waals surface area contributed by atoms with Gasteiger partial charge in [0.15, 0.2) is 0 Å². The summed E-state index contributed by atoms with van der Waals surface area (Å²) < 4.78 is 16.7. The van der Waals surface area contributed by atoms with Crippen LogP contribution in [-0.4, -0.2) is 101 Å². The van der Waals surface area contributed by atoms with E-state index in [2.05, 4.69) is 83.4 Å². The molecule has 15 nitrogen and oxygen atoms in total. The van der Waals surface area contributed by atoms with Crippen LogP contribution in [0.3, 0.4) is 0 Å². The van der Waals surface area contributed by atoms with E-state index in [1.54, 1.807) is 4.90 Å². The number of carbonyl (C=O) groups excluding carboxylic acids is 3. The topological polar surface area (TPSA) is 218 Å². The molecule has 1 heterocycles. The number of nitrogens with zero attached hydrogens (tertiary/aromatic N) is 1. The number of hydrogen-bond donors (Lipinski definition) is 5. The van der Waals surface area contributed by atoms with Crippen LogP contribution in [0.5, 0.6) is 0 Å². The van der Waals surface area contributed by atoms with Gasteiger partial charge in [0, 0.05) is 42.9 Å². The largest absolute Gasteiger partial charge is 0.481 e. The minimum absolute atomic E-state index is 0.00347. The van der Waals surface area contributed by atoms with Crippen molar-refractivity contribution < 1.29 is 58.3 Å². The van der Waals surface area contributed by atoms with Crippen molar-refractivity contribution in [3.05, 3.63) is 179 Å². The highest BCUT2D eigenvalue weighted by Gasteiger charge is 2.35. The quantitative estimate of drug-likeness (QED) is 0.0766. The third kappa shape index (κ3) is 12.4. The maximum atomic E-state index is 12.4. The predicted octanol–water partition coefficient (Wildman–Crippen LogP) is 12.1. The molecule has 414 valence electrons. The van der Waals surface area contributed by atoms with Crippen LogP contribution >= 0.6 is 0 Å². The lowest BCUT2D eigenvalue weighted by molar-refractivity contribution is -0.144. The van der Waals surface area contributed by atoms with Gasteiger partial charge in [-0.05, 0) is 131 Å². The van der Waals surface area contributed by atoms with E-state index in [9.17, 15) is 28.8 Å². The predicted molar refractivity (Wildman–Crippen MR) is 300 cm³/mol. The summed E-state index contributed by atoms with van der Waals surface area (Å²) >= 11 is 0. The van der Waals surface area contributed by atoms with Crippen molar-refractivity contribution in [1.29, 1.82) is 0 Å². The van der Waals surface area contributed by atoms with E-state index in [0.29, 0.717) is 97.1 Å². The fraction of sp³-hybridized carbons (Fsp3) is 0.354. The van der Waals surface area contributed by atoms with E-state index in [4.69, 9.17) is 29.5 Å². The lowest BCUT2D eigenvalue weighted by Crippen LogP contribution is -2.40. The summed E-state index contributed by atoms with van der Waals surface area (Å²) in [6.07, 6.45) is 4.91. The first kappa shape index (κ1) is 54.9. The molecule has 0 unspecified atom stereocenters. The third-order valence-electron chi connectivity index (χ3n) is 16.9. The first-order valence-corrected chi connectivity index (χ1v) is 27.9. The average molecular weight is 1080 g/mol. The third-order valence-corrected chi connectivity index (χ3v) is 16.9. The van der Waals surface area contributed by atoms with Crippen LogP contribution in [0.1, 0.15) is 115 Å². The average Bonchev–Trinajstić information content (AvgIpc) is 4.34. The molecule has 5 N–H and O–H groups in total. The van der Waals surface area contributed by atoms with Gasteiger partial charge in [-0.3, -0.25) is 14.4 Å². The first-order valence-electron chi connectivity index (χ1n) is 27.9. The Balaban J connectivity index is 0.000000135. The molecule has 1 aliphatic heterocycles. The standard InChI is InChI=1S/2C22H23NO4.C21H21NO4/c2*24-21(25)14-9-11-15(12-10-14)23-22(26)27-13-20-18-7-3-1-5-16(18)17-6-2-4-8-19(17)20;23-20(24)14-9-11-22(12-10-14)21(25)26-13-19-17-7-3-1-5-15(17)16-6-2-4-8-18(16)19/h2*1-8,14-15,20H,9-13H2,(H,23,26)(H,24,25);1-8,14,19H,9-13H2,(H,23,24). The lowest BCUT2D eigenvalue weighted by atomic mass is 9.86. The fourth-order valence-electron chi connectivity index (χ4n) is 12.6. The van der Waals surface area contributed by atoms with Gasteiger partial charge in [-0.2, -0.15) is 0 Å². The van der Waals surface area contributed by atoms with Gasteiger partial charge in [0.2, 0.25) is 0 Å². The highest BCUT2D eigenvalue weighted by molar-refractivity contribution is 5.82. The highest BCUT2D eigenvalue weighted by Crippen LogP contribution is 2.47. The van der Waals surface area contributed by atoms with Crippen molar-refractivity contribution >= 4 is 36.2 Å². The Hall–Kier alpha value is -8.46. The normalized spacial score (nSPS) is 19.8. The molecule has 15 heteroatoms. The number of carboxylic acid groups (broad SMARTS) is 3. The van der Waals surface area contributed by atoms with Gasteiger partial charge in [0.05, 0.1) is 17.8 Å². The molecular formula is C65H67N3O12. The molecule has 80 heavy (non-hydrogen) atoms. The zero-order valence-corrected chi connectivity index (χ0v) is 44.5. The minimum atomic E-state index is -0.780. The van der Waals surface area contributed by atoms with Crippen LogP contribution in [0.15, 0.2) is 146 Å². The monoisotopic (exact) mass is 1080 g/mol. The summed E-state index contributed by atoms with van der Waals surface area (Å²) in [7, 11) is 0. The number of carbonyl (C=O) groups is 6. The number of nitrogens with one attached hydrogen (secondary N) is 2. The highest BCUT2D eigenvalue weighted by atomic mass is 16.6. The Bertz CT molecular complexity index is 2950. The molecule has 3 fully saturated rings. The first-order chi connectivity index (χ1) is 38.9. The Kier molecular flexibility index (Phi) is 17.2. The molecular weight excluding hydrogens is 1010 g/mol. The molecule has 2 saturated carbocycles. The maximum Gasteiger partial charge on any atom is 0.409 e. The number of carboxylic acids is 3. The van der Waals surface area contributed by atoms with Crippen molar-refractivity contribution in [2.45, 2.75) is 94.0 Å². The molecule has 0 aromatic heterocycles. The van der Waals surface area contributed by atoms with Crippen LogP contribution in [0.25, 0.3) is 33.4 Å². The van der Waals surface area contributed by atoms with Gasteiger partial charge in [-0.1, -0.05) is 146 Å². The summed E-state index contributed by atoms with van der Waals surface area (Å²) in [6, 6.07) is 49.4. The van der Waals surface area contributed by atoms with Crippen molar-refractivity contribution in [2.75, 3.05) is 32.9 Å². The Labute approximate surface area is 465 Å². The van der Waals surface area contributed by atoms with E-state index in [1.807, 2.05) is 72.8 Å². The molecule has 12 rings (SSSR count). The van der Waals surface area contributed by atoms with Crippen LogP contribution in [-0.2, 0) is 28.6 Å². The smallest absolute Gasteiger partial charge is 0.409 e. The van der Waals surface area contributed by atoms with Gasteiger partial charge in [-0.25, -0.2) is 14.4 Å². The molecule has 0 spiro atoms. The molecule has 0 atom stereocenters. The van der Waals surface area contributed by atoms with Crippen molar-refractivity contribution in [2.24, 2.45) is 17.8 Å². The van der Waals surface area contributed by atoms with Gasteiger partial charge >= 0.3 is 36.2 Å². The van der Waals surface area contributed by atoms with E-state index < -0.39 is 30.1 Å². The number of piperidine rings is 1. The number of rotatable bonds is 11. The van der Waals surface area contributed by atoms with Crippen molar-refractivity contribution in [1.82, 2.24) is 15.5 Å². The van der Waals surface area contributed by atoms with Crippen LogP contribution in [0.4, 0.5) is 14.4 Å². The Morgan fingerprint density at radius 2 is 0.613 bits per heavy atom. The van der Waals surface area contributed by atoms with Gasteiger partial charge in [-0.15, -0.1) is 0 Å². The van der Waals surface area contributed by atoms with E-state index >= 15 is 0 Å². The van der Waals surface area contributed by atoms with Crippen LogP contribution in [0.2, 0.25) is 0 Å².